The number of halogens is 1. The lowest BCUT2D eigenvalue weighted by molar-refractivity contribution is 0.0537. The molecule has 1 aromatic carbocycles. The first kappa shape index (κ1) is 16.2. The van der Waals surface area contributed by atoms with Crippen molar-refractivity contribution in [3.8, 4) is 11.5 Å². The number of amides is 1. The molecule has 0 bridgehead atoms. The standard InChI is InChI=1S/C18H19FN2O3/c1-23-17-5-4-13(11-16(17)19)18(22)21-10-2-3-15(12-21)24-14-6-8-20-9-7-14/h4-9,11,15H,2-3,10,12H2,1H3/t15-/m0/s1. The molecule has 3 rings (SSSR count). The van der Waals surface area contributed by atoms with Crippen LogP contribution in [0.2, 0.25) is 0 Å². The smallest absolute Gasteiger partial charge is 0.254 e. The second kappa shape index (κ2) is 7.29. The highest BCUT2D eigenvalue weighted by Crippen LogP contribution is 2.22. The van der Waals surface area contributed by atoms with E-state index in [9.17, 15) is 9.18 Å². The Bertz CT molecular complexity index is 709. The maximum absolute atomic E-state index is 13.8. The van der Waals surface area contributed by atoms with E-state index in [-0.39, 0.29) is 17.8 Å². The molecule has 1 saturated heterocycles. The molecule has 6 heteroatoms. The third-order valence-corrected chi connectivity index (χ3v) is 4.02. The van der Waals surface area contributed by atoms with Gasteiger partial charge < -0.3 is 14.4 Å². The Morgan fingerprint density at radius 1 is 1.29 bits per heavy atom. The van der Waals surface area contributed by atoms with Crippen LogP contribution in [-0.4, -0.2) is 42.1 Å². The van der Waals surface area contributed by atoms with Gasteiger partial charge in [0, 0.05) is 24.5 Å². The van der Waals surface area contributed by atoms with Crippen LogP contribution < -0.4 is 9.47 Å². The number of hydrogen-bond donors (Lipinski definition) is 0. The van der Waals surface area contributed by atoms with Crippen molar-refractivity contribution in [2.45, 2.75) is 18.9 Å². The summed E-state index contributed by atoms with van der Waals surface area (Å²) in [4.78, 5) is 18.3. The van der Waals surface area contributed by atoms with Crippen LogP contribution in [0.5, 0.6) is 11.5 Å². The number of nitrogens with zero attached hydrogens (tertiary/aromatic N) is 2. The largest absolute Gasteiger partial charge is 0.494 e. The third kappa shape index (κ3) is 3.64. The average Bonchev–Trinajstić information content (AvgIpc) is 2.62. The number of benzene rings is 1. The molecule has 1 aliphatic heterocycles. The lowest BCUT2D eigenvalue weighted by Crippen LogP contribution is -2.44. The summed E-state index contributed by atoms with van der Waals surface area (Å²) in [5.74, 6) is 0.133. The zero-order valence-corrected chi connectivity index (χ0v) is 13.4. The van der Waals surface area contributed by atoms with Crippen LogP contribution in [-0.2, 0) is 0 Å². The number of pyridine rings is 1. The fraction of sp³-hybridized carbons (Fsp3) is 0.333. The van der Waals surface area contributed by atoms with Crippen molar-refractivity contribution in [1.29, 1.82) is 0 Å². The van der Waals surface area contributed by atoms with E-state index in [2.05, 4.69) is 4.98 Å². The number of rotatable bonds is 4. The number of methoxy groups -OCH3 is 1. The molecule has 1 fully saturated rings. The minimum atomic E-state index is -0.537. The molecule has 1 amide bonds. The Morgan fingerprint density at radius 2 is 2.08 bits per heavy atom. The van der Waals surface area contributed by atoms with E-state index in [1.807, 2.05) is 0 Å². The number of hydrogen-bond acceptors (Lipinski definition) is 4. The molecule has 2 heterocycles. The monoisotopic (exact) mass is 330 g/mol. The molecular formula is C18H19FN2O3. The Hall–Kier alpha value is -2.63. The van der Waals surface area contributed by atoms with Crippen LogP contribution in [0.15, 0.2) is 42.7 Å². The predicted molar refractivity (Wildman–Crippen MR) is 86.7 cm³/mol. The highest BCUT2D eigenvalue weighted by molar-refractivity contribution is 5.94. The quantitative estimate of drug-likeness (QED) is 0.865. The zero-order valence-electron chi connectivity index (χ0n) is 13.4. The molecule has 5 nitrogen and oxygen atoms in total. The topological polar surface area (TPSA) is 51.7 Å². The van der Waals surface area contributed by atoms with Crippen molar-refractivity contribution < 1.29 is 18.7 Å². The number of ether oxygens (including phenoxy) is 2. The first-order valence-electron chi connectivity index (χ1n) is 7.87. The van der Waals surface area contributed by atoms with Gasteiger partial charge in [0.2, 0.25) is 0 Å². The van der Waals surface area contributed by atoms with Gasteiger partial charge in [0.1, 0.15) is 11.9 Å². The van der Waals surface area contributed by atoms with Gasteiger partial charge in [-0.15, -0.1) is 0 Å². The van der Waals surface area contributed by atoms with Crippen molar-refractivity contribution in [1.82, 2.24) is 9.88 Å². The molecule has 0 spiro atoms. The summed E-state index contributed by atoms with van der Waals surface area (Å²) in [6.45, 7) is 1.12. The molecule has 1 aromatic heterocycles. The van der Waals surface area contributed by atoms with Gasteiger partial charge in [-0.05, 0) is 43.2 Å². The lowest BCUT2D eigenvalue weighted by atomic mass is 10.1. The molecule has 1 atom stereocenters. The first-order valence-corrected chi connectivity index (χ1v) is 7.87. The molecule has 126 valence electrons. The normalized spacial score (nSPS) is 17.4. The summed E-state index contributed by atoms with van der Waals surface area (Å²) in [5, 5.41) is 0. The van der Waals surface area contributed by atoms with Crippen LogP contribution in [0.4, 0.5) is 4.39 Å². The van der Waals surface area contributed by atoms with E-state index >= 15 is 0 Å². The summed E-state index contributed by atoms with van der Waals surface area (Å²) in [6, 6.07) is 7.85. The minimum Gasteiger partial charge on any atom is -0.494 e. The fourth-order valence-corrected chi connectivity index (χ4v) is 2.81. The SMILES string of the molecule is COc1ccc(C(=O)N2CCC[C@H](Oc3ccncc3)C2)cc1F. The molecule has 1 aliphatic rings. The Morgan fingerprint density at radius 3 is 2.79 bits per heavy atom. The van der Waals surface area contributed by atoms with E-state index in [0.717, 1.165) is 18.6 Å². The highest BCUT2D eigenvalue weighted by atomic mass is 19.1. The molecule has 0 aliphatic carbocycles. The van der Waals surface area contributed by atoms with Gasteiger partial charge in [-0.25, -0.2) is 4.39 Å². The van der Waals surface area contributed by atoms with Gasteiger partial charge in [0.15, 0.2) is 11.6 Å². The Labute approximate surface area is 140 Å². The summed E-state index contributed by atoms with van der Waals surface area (Å²) >= 11 is 0. The minimum absolute atomic E-state index is 0.0757. The second-order valence-corrected chi connectivity index (χ2v) is 5.67. The van der Waals surface area contributed by atoms with E-state index in [1.54, 1.807) is 35.5 Å². The number of aromatic nitrogens is 1. The molecule has 0 radical (unpaired) electrons. The van der Waals surface area contributed by atoms with Gasteiger partial charge >= 0.3 is 0 Å². The van der Waals surface area contributed by atoms with Crippen LogP contribution >= 0.6 is 0 Å². The van der Waals surface area contributed by atoms with Crippen molar-refractivity contribution in [3.05, 3.63) is 54.1 Å². The first-order chi connectivity index (χ1) is 11.7. The molecule has 2 aromatic rings. The van der Waals surface area contributed by atoms with E-state index < -0.39 is 5.82 Å². The van der Waals surface area contributed by atoms with Crippen molar-refractivity contribution >= 4 is 5.91 Å². The van der Waals surface area contributed by atoms with Gasteiger partial charge in [0.25, 0.3) is 5.91 Å². The molecule has 24 heavy (non-hydrogen) atoms. The van der Waals surface area contributed by atoms with Crippen molar-refractivity contribution in [2.24, 2.45) is 0 Å². The second-order valence-electron chi connectivity index (χ2n) is 5.67. The number of piperidine rings is 1. The zero-order chi connectivity index (χ0) is 16.9. The fourth-order valence-electron chi connectivity index (χ4n) is 2.81. The Balaban J connectivity index is 1.67. The molecule has 0 saturated carbocycles. The molecule has 0 unspecified atom stereocenters. The number of carbonyl (C=O) groups excluding carboxylic acids is 1. The Kier molecular flexibility index (Phi) is 4.93. The van der Waals surface area contributed by atoms with E-state index in [0.29, 0.717) is 18.7 Å². The van der Waals surface area contributed by atoms with Crippen LogP contribution in [0.3, 0.4) is 0 Å². The van der Waals surface area contributed by atoms with Gasteiger partial charge in [0.05, 0.1) is 13.7 Å². The lowest BCUT2D eigenvalue weighted by Gasteiger charge is -2.33. The average molecular weight is 330 g/mol. The van der Waals surface area contributed by atoms with Gasteiger partial charge in [-0.2, -0.15) is 0 Å². The van der Waals surface area contributed by atoms with Crippen molar-refractivity contribution in [2.75, 3.05) is 20.2 Å². The van der Waals surface area contributed by atoms with E-state index in [4.69, 9.17) is 9.47 Å². The number of carbonyl (C=O) groups is 1. The summed E-state index contributed by atoms with van der Waals surface area (Å²) < 4.78 is 24.6. The van der Waals surface area contributed by atoms with Gasteiger partial charge in [-0.3, -0.25) is 9.78 Å². The van der Waals surface area contributed by atoms with Crippen LogP contribution in [0.25, 0.3) is 0 Å². The number of likely N-dealkylation sites (tertiary alicyclic amines) is 1. The van der Waals surface area contributed by atoms with Crippen molar-refractivity contribution in [3.63, 3.8) is 0 Å². The van der Waals surface area contributed by atoms with Gasteiger partial charge in [-0.1, -0.05) is 0 Å². The van der Waals surface area contributed by atoms with Crippen LogP contribution in [0.1, 0.15) is 23.2 Å². The maximum atomic E-state index is 13.8. The molecule has 0 N–H and O–H groups in total. The maximum Gasteiger partial charge on any atom is 0.254 e. The predicted octanol–water partition coefficient (Wildman–Crippen LogP) is 2.91. The highest BCUT2D eigenvalue weighted by Gasteiger charge is 2.26. The molecular weight excluding hydrogens is 311 g/mol. The summed E-state index contributed by atoms with van der Waals surface area (Å²) in [7, 11) is 1.39. The van der Waals surface area contributed by atoms with Crippen LogP contribution in [0, 0.1) is 5.82 Å². The summed E-state index contributed by atoms with van der Waals surface area (Å²) in [6.07, 6.45) is 4.99. The summed E-state index contributed by atoms with van der Waals surface area (Å²) in [5.41, 5.74) is 0.317. The third-order valence-electron chi connectivity index (χ3n) is 4.02. The van der Waals surface area contributed by atoms with E-state index in [1.165, 1.54) is 19.2 Å².